The summed E-state index contributed by atoms with van der Waals surface area (Å²) in [6.45, 7) is 4.23. The number of hydrogen-bond acceptors (Lipinski definition) is 3. The molecule has 0 radical (unpaired) electrons. The van der Waals surface area contributed by atoms with Crippen molar-refractivity contribution in [1.82, 2.24) is 10.2 Å². The van der Waals surface area contributed by atoms with E-state index in [0.29, 0.717) is 29.8 Å². The molecule has 0 aromatic heterocycles. The van der Waals surface area contributed by atoms with E-state index in [-0.39, 0.29) is 36.8 Å². The van der Waals surface area contributed by atoms with Crippen LogP contribution in [-0.2, 0) is 4.79 Å². The van der Waals surface area contributed by atoms with Gasteiger partial charge in [-0.1, -0.05) is 20.3 Å². The van der Waals surface area contributed by atoms with E-state index in [9.17, 15) is 4.79 Å². The minimum atomic E-state index is -0.0358. The van der Waals surface area contributed by atoms with Crippen molar-refractivity contribution < 1.29 is 4.79 Å². The largest absolute Gasteiger partial charge is 0.351 e. The van der Waals surface area contributed by atoms with E-state index in [4.69, 9.17) is 5.73 Å². The van der Waals surface area contributed by atoms with Crippen LogP contribution in [0, 0.1) is 17.8 Å². The molecule has 2 fully saturated rings. The lowest BCUT2D eigenvalue weighted by Gasteiger charge is -2.46. The van der Waals surface area contributed by atoms with Crippen LogP contribution in [-0.4, -0.2) is 43.0 Å². The Kier molecular flexibility index (Phi) is 9.30. The van der Waals surface area contributed by atoms with Crippen molar-refractivity contribution in [3.63, 3.8) is 0 Å². The first-order chi connectivity index (χ1) is 9.40. The van der Waals surface area contributed by atoms with Crippen LogP contribution in [0.15, 0.2) is 0 Å². The molecule has 2 bridgehead atoms. The fraction of sp³-hybridized carbons (Fsp3) is 0.938. The van der Waals surface area contributed by atoms with Gasteiger partial charge in [-0.3, -0.25) is 9.69 Å². The Morgan fingerprint density at radius 2 is 1.64 bits per heavy atom. The summed E-state index contributed by atoms with van der Waals surface area (Å²) in [6, 6.07) is 0.664. The highest BCUT2D eigenvalue weighted by Gasteiger charge is 2.41. The minimum absolute atomic E-state index is 0. The lowest BCUT2D eigenvalue weighted by atomic mass is 9.67. The van der Waals surface area contributed by atoms with Gasteiger partial charge in [0.2, 0.25) is 5.91 Å². The molecule has 0 spiro atoms. The smallest absolute Gasteiger partial charge is 0.237 e. The molecule has 1 amide bonds. The zero-order valence-electron chi connectivity index (χ0n) is 14.2. The van der Waals surface area contributed by atoms with E-state index < -0.39 is 0 Å². The number of hydrogen-bond donors (Lipinski definition) is 2. The van der Waals surface area contributed by atoms with Crippen LogP contribution in [0.1, 0.15) is 46.0 Å². The van der Waals surface area contributed by atoms with E-state index >= 15 is 0 Å². The number of fused-ring (bicyclic) bond motifs is 2. The predicted molar refractivity (Wildman–Crippen MR) is 96.8 cm³/mol. The van der Waals surface area contributed by atoms with Gasteiger partial charge in [0, 0.05) is 12.1 Å². The van der Waals surface area contributed by atoms with Crippen LogP contribution in [0.2, 0.25) is 0 Å². The van der Waals surface area contributed by atoms with Crippen molar-refractivity contribution in [3.8, 4) is 0 Å². The van der Waals surface area contributed by atoms with Crippen LogP contribution in [0.3, 0.4) is 0 Å². The zero-order valence-corrected chi connectivity index (χ0v) is 15.9. The number of nitrogens with two attached hydrogens (primary N) is 1. The summed E-state index contributed by atoms with van der Waals surface area (Å²) in [5.74, 6) is 1.71. The second-order valence-electron chi connectivity index (χ2n) is 7.37. The van der Waals surface area contributed by atoms with Gasteiger partial charge in [0.15, 0.2) is 0 Å². The highest BCUT2D eigenvalue weighted by Crippen LogP contribution is 2.39. The highest BCUT2D eigenvalue weighted by atomic mass is 35.5. The van der Waals surface area contributed by atoms with Gasteiger partial charge in [0.25, 0.3) is 0 Å². The molecular formula is C16H33Cl2N3O. The van der Waals surface area contributed by atoms with E-state index in [2.05, 4.69) is 19.2 Å². The molecule has 2 saturated carbocycles. The number of amides is 1. The zero-order chi connectivity index (χ0) is 14.9. The van der Waals surface area contributed by atoms with Gasteiger partial charge >= 0.3 is 0 Å². The summed E-state index contributed by atoms with van der Waals surface area (Å²) in [4.78, 5) is 14.7. The van der Waals surface area contributed by atoms with Gasteiger partial charge in [-0.25, -0.2) is 0 Å². The quantitative estimate of drug-likeness (QED) is 0.815. The molecule has 132 valence electrons. The van der Waals surface area contributed by atoms with Crippen molar-refractivity contribution in [3.05, 3.63) is 0 Å². The second-order valence-corrected chi connectivity index (χ2v) is 7.37. The number of rotatable bonds is 4. The molecule has 0 aromatic carbocycles. The summed E-state index contributed by atoms with van der Waals surface area (Å²) in [5.41, 5.74) is 6.15. The Labute approximate surface area is 147 Å². The Bertz CT molecular complexity index is 330. The maximum atomic E-state index is 12.6. The van der Waals surface area contributed by atoms with E-state index in [1.165, 1.54) is 19.3 Å². The monoisotopic (exact) mass is 353 g/mol. The number of halogens is 2. The number of nitrogens with zero attached hydrogens (tertiary/aromatic N) is 1. The standard InChI is InChI=1S/C16H31N3O.2ClH/c1-10(2)15(19(3)4)16(20)18-14-11-6-5-7-12(14)9-13(17)8-11;;/h10-15H,5-9,17H2,1-4H3,(H,18,20);2*1H. The predicted octanol–water partition coefficient (Wildman–Crippen LogP) is 2.44. The maximum absolute atomic E-state index is 12.6. The third kappa shape index (κ3) is 4.98. The third-order valence-corrected chi connectivity index (χ3v) is 5.14. The molecule has 0 heterocycles. The van der Waals surface area contributed by atoms with Gasteiger partial charge in [-0.05, 0) is 57.5 Å². The normalized spacial score (nSPS) is 32.0. The number of carbonyl (C=O) groups is 1. The van der Waals surface area contributed by atoms with Crippen LogP contribution < -0.4 is 11.1 Å². The summed E-state index contributed by atoms with van der Waals surface area (Å²) in [6.07, 6.45) is 5.91. The lowest BCUT2D eigenvalue weighted by molar-refractivity contribution is -0.129. The molecule has 0 saturated heterocycles. The minimum Gasteiger partial charge on any atom is -0.351 e. The molecular weight excluding hydrogens is 321 g/mol. The summed E-state index contributed by atoms with van der Waals surface area (Å²) in [7, 11) is 3.98. The Morgan fingerprint density at radius 3 is 2.05 bits per heavy atom. The Balaban J connectivity index is 0.00000220. The molecule has 3 atom stereocenters. The van der Waals surface area contributed by atoms with Gasteiger partial charge in [-0.2, -0.15) is 0 Å². The molecule has 6 heteroatoms. The van der Waals surface area contributed by atoms with Crippen LogP contribution in [0.25, 0.3) is 0 Å². The topological polar surface area (TPSA) is 58.4 Å². The summed E-state index contributed by atoms with van der Waals surface area (Å²) < 4.78 is 0. The molecule has 0 aromatic rings. The van der Waals surface area contributed by atoms with Crippen molar-refractivity contribution in [2.75, 3.05) is 14.1 Å². The maximum Gasteiger partial charge on any atom is 0.237 e. The van der Waals surface area contributed by atoms with Crippen LogP contribution in [0.5, 0.6) is 0 Å². The fourth-order valence-corrected chi connectivity index (χ4v) is 4.41. The molecule has 2 rings (SSSR count). The van der Waals surface area contributed by atoms with Gasteiger partial charge in [0.05, 0.1) is 6.04 Å². The average Bonchev–Trinajstić information content (AvgIpc) is 2.29. The van der Waals surface area contributed by atoms with E-state index in [1.807, 2.05) is 19.0 Å². The summed E-state index contributed by atoms with van der Waals surface area (Å²) >= 11 is 0. The number of likely N-dealkylation sites (N-methyl/N-ethyl adjacent to an activating group) is 1. The van der Waals surface area contributed by atoms with Crippen molar-refractivity contribution in [2.24, 2.45) is 23.5 Å². The SMILES string of the molecule is CC(C)C(C(=O)NC1C2CCCC1CC(N)C2)N(C)C.Cl.Cl. The first kappa shape index (κ1) is 22.0. The third-order valence-electron chi connectivity index (χ3n) is 5.14. The lowest BCUT2D eigenvalue weighted by Crippen LogP contribution is -2.57. The molecule has 2 aliphatic carbocycles. The van der Waals surface area contributed by atoms with Gasteiger partial charge in [0.1, 0.15) is 0 Å². The molecule has 2 aliphatic rings. The average molecular weight is 354 g/mol. The van der Waals surface area contributed by atoms with Crippen LogP contribution >= 0.6 is 24.8 Å². The second kappa shape index (κ2) is 9.31. The Morgan fingerprint density at radius 1 is 1.14 bits per heavy atom. The first-order valence-electron chi connectivity index (χ1n) is 8.12. The fourth-order valence-electron chi connectivity index (χ4n) is 4.41. The first-order valence-corrected chi connectivity index (χ1v) is 8.12. The van der Waals surface area contributed by atoms with Crippen LogP contribution in [0.4, 0.5) is 0 Å². The number of nitrogens with one attached hydrogen (secondary N) is 1. The van der Waals surface area contributed by atoms with E-state index in [1.54, 1.807) is 0 Å². The molecule has 3 N–H and O–H groups in total. The van der Waals surface area contributed by atoms with Crippen molar-refractivity contribution >= 4 is 30.7 Å². The molecule has 22 heavy (non-hydrogen) atoms. The molecule has 3 unspecified atom stereocenters. The van der Waals surface area contributed by atoms with Gasteiger partial charge < -0.3 is 11.1 Å². The Hall–Kier alpha value is -0.0300. The van der Waals surface area contributed by atoms with Crippen molar-refractivity contribution in [1.29, 1.82) is 0 Å². The van der Waals surface area contributed by atoms with Crippen molar-refractivity contribution in [2.45, 2.75) is 64.1 Å². The molecule has 0 aliphatic heterocycles. The van der Waals surface area contributed by atoms with Gasteiger partial charge in [-0.15, -0.1) is 24.8 Å². The van der Waals surface area contributed by atoms with E-state index in [0.717, 1.165) is 12.8 Å². The highest BCUT2D eigenvalue weighted by molar-refractivity contribution is 5.85. The number of carbonyl (C=O) groups excluding carboxylic acids is 1. The summed E-state index contributed by atoms with van der Waals surface area (Å²) in [5, 5.41) is 3.37. The molecule has 4 nitrogen and oxygen atoms in total.